The Hall–Kier alpha value is -2.29. The third kappa shape index (κ3) is 4.85. The highest BCUT2D eigenvalue weighted by atomic mass is 32.1. The van der Waals surface area contributed by atoms with Crippen molar-refractivity contribution in [3.05, 3.63) is 51.7 Å². The number of ether oxygens (including phenoxy) is 1. The molecule has 1 unspecified atom stereocenters. The lowest BCUT2D eigenvalue weighted by atomic mass is 9.94. The van der Waals surface area contributed by atoms with Gasteiger partial charge in [-0.3, -0.25) is 9.59 Å². The molecule has 0 aliphatic heterocycles. The van der Waals surface area contributed by atoms with Gasteiger partial charge in [-0.25, -0.2) is 9.37 Å². The van der Waals surface area contributed by atoms with Crippen LogP contribution in [0.1, 0.15) is 27.2 Å². The van der Waals surface area contributed by atoms with Crippen LogP contribution in [-0.4, -0.2) is 23.3 Å². The van der Waals surface area contributed by atoms with E-state index in [9.17, 15) is 27.2 Å². The third-order valence-electron chi connectivity index (χ3n) is 3.22. The molecule has 0 aliphatic carbocycles. The SMILES string of the molecule is CCOC(=O)C(Cc1cnc(C(F)(F)F)s1)C(=O)c1ccc(F)cc1. The zero-order valence-corrected chi connectivity index (χ0v) is 13.8. The number of hydrogen-bond donors (Lipinski definition) is 0. The van der Waals surface area contributed by atoms with Crippen LogP contribution < -0.4 is 0 Å². The van der Waals surface area contributed by atoms with E-state index in [1.807, 2.05) is 0 Å². The molecular formula is C16H13F4NO3S. The molecule has 0 N–H and O–H groups in total. The van der Waals surface area contributed by atoms with Gasteiger partial charge >= 0.3 is 12.1 Å². The molecule has 4 nitrogen and oxygen atoms in total. The van der Waals surface area contributed by atoms with Crippen LogP contribution in [-0.2, 0) is 22.1 Å². The van der Waals surface area contributed by atoms with Crippen molar-refractivity contribution in [1.29, 1.82) is 0 Å². The summed E-state index contributed by atoms with van der Waals surface area (Å²) in [4.78, 5) is 28.0. The van der Waals surface area contributed by atoms with Gasteiger partial charge in [-0.05, 0) is 31.2 Å². The lowest BCUT2D eigenvalue weighted by Gasteiger charge is -2.13. The molecule has 0 amide bonds. The largest absolute Gasteiger partial charge is 0.465 e. The summed E-state index contributed by atoms with van der Waals surface area (Å²) in [6.07, 6.45) is -3.89. The Kier molecular flexibility index (Phi) is 5.89. The highest BCUT2D eigenvalue weighted by molar-refractivity contribution is 7.11. The van der Waals surface area contributed by atoms with Gasteiger partial charge in [-0.1, -0.05) is 0 Å². The molecule has 1 aromatic heterocycles. The molecule has 0 bridgehead atoms. The summed E-state index contributed by atoms with van der Waals surface area (Å²) in [5, 5.41) is -1.06. The topological polar surface area (TPSA) is 56.3 Å². The highest BCUT2D eigenvalue weighted by Gasteiger charge is 2.36. The van der Waals surface area contributed by atoms with Gasteiger partial charge in [-0.15, -0.1) is 11.3 Å². The van der Waals surface area contributed by atoms with Gasteiger partial charge in [0.1, 0.15) is 11.7 Å². The van der Waals surface area contributed by atoms with Crippen molar-refractivity contribution in [2.45, 2.75) is 19.5 Å². The molecule has 9 heteroatoms. The van der Waals surface area contributed by atoms with Crippen molar-refractivity contribution >= 4 is 23.1 Å². The Bertz CT molecular complexity index is 755. The fraction of sp³-hybridized carbons (Fsp3) is 0.312. The van der Waals surface area contributed by atoms with Gasteiger partial charge in [0.05, 0.1) is 6.61 Å². The minimum atomic E-state index is -4.59. The van der Waals surface area contributed by atoms with Gasteiger partial charge in [0, 0.05) is 23.1 Å². The number of esters is 1. The Morgan fingerprint density at radius 1 is 1.24 bits per heavy atom. The fourth-order valence-electron chi connectivity index (χ4n) is 2.08. The molecular weight excluding hydrogens is 362 g/mol. The predicted molar refractivity (Wildman–Crippen MR) is 81.7 cm³/mol. The lowest BCUT2D eigenvalue weighted by Crippen LogP contribution is -2.28. The Morgan fingerprint density at radius 2 is 1.88 bits per heavy atom. The van der Waals surface area contributed by atoms with Gasteiger partial charge in [0.25, 0.3) is 0 Å². The zero-order chi connectivity index (χ0) is 18.6. The number of ketones is 1. The summed E-state index contributed by atoms with van der Waals surface area (Å²) in [5.74, 6) is -3.38. The van der Waals surface area contributed by atoms with E-state index in [1.165, 1.54) is 12.1 Å². The number of hydrogen-bond acceptors (Lipinski definition) is 5. The predicted octanol–water partition coefficient (Wildman–Crippen LogP) is 3.91. The number of carbonyl (C=O) groups excluding carboxylic acids is 2. The van der Waals surface area contributed by atoms with E-state index in [1.54, 1.807) is 6.92 Å². The number of benzene rings is 1. The van der Waals surface area contributed by atoms with Crippen LogP contribution in [0, 0.1) is 11.7 Å². The molecule has 1 aromatic carbocycles. The van der Waals surface area contributed by atoms with Crippen LogP contribution in [0.25, 0.3) is 0 Å². The first kappa shape index (κ1) is 19.0. The number of nitrogens with zero attached hydrogens (tertiary/aromatic N) is 1. The fourth-order valence-corrected chi connectivity index (χ4v) is 2.90. The first-order valence-corrected chi connectivity index (χ1v) is 8.02. The molecule has 2 rings (SSSR count). The van der Waals surface area contributed by atoms with Crippen molar-refractivity contribution in [3.8, 4) is 0 Å². The van der Waals surface area contributed by atoms with Crippen LogP contribution in [0.2, 0.25) is 0 Å². The zero-order valence-electron chi connectivity index (χ0n) is 13.0. The Balaban J connectivity index is 2.26. The number of rotatable bonds is 6. The van der Waals surface area contributed by atoms with Crippen LogP contribution in [0.15, 0.2) is 30.5 Å². The van der Waals surface area contributed by atoms with Gasteiger partial charge in [0.2, 0.25) is 0 Å². The van der Waals surface area contributed by atoms with Crippen LogP contribution in [0.3, 0.4) is 0 Å². The Labute approximate surface area is 144 Å². The molecule has 0 aliphatic rings. The first-order chi connectivity index (χ1) is 11.7. The number of alkyl halides is 3. The minimum Gasteiger partial charge on any atom is -0.465 e. The summed E-state index contributed by atoms with van der Waals surface area (Å²) in [5.41, 5.74) is 0.0695. The molecule has 0 saturated carbocycles. The maximum absolute atomic E-state index is 13.0. The first-order valence-electron chi connectivity index (χ1n) is 7.20. The van der Waals surface area contributed by atoms with Crippen molar-refractivity contribution in [1.82, 2.24) is 4.98 Å². The standard InChI is InChI=1S/C16H13F4NO3S/c1-2-24-14(23)12(13(22)9-3-5-10(17)6-4-9)7-11-8-21-15(25-11)16(18,19)20/h3-6,8,12H,2,7H2,1H3. The summed E-state index contributed by atoms with van der Waals surface area (Å²) in [6.45, 7) is 1.56. The number of aromatic nitrogens is 1. The average molecular weight is 375 g/mol. The van der Waals surface area contributed by atoms with E-state index in [2.05, 4.69) is 4.98 Å². The molecule has 0 spiro atoms. The summed E-state index contributed by atoms with van der Waals surface area (Å²) >= 11 is 0.363. The third-order valence-corrected chi connectivity index (χ3v) is 4.28. The van der Waals surface area contributed by atoms with E-state index in [0.717, 1.165) is 18.3 Å². The van der Waals surface area contributed by atoms with Crippen LogP contribution >= 0.6 is 11.3 Å². The molecule has 0 radical (unpaired) electrons. The van der Waals surface area contributed by atoms with Crippen molar-refractivity contribution in [3.63, 3.8) is 0 Å². The second-order valence-corrected chi connectivity index (χ2v) is 6.12. The van der Waals surface area contributed by atoms with Crippen molar-refractivity contribution < 1.29 is 31.9 Å². The molecule has 134 valence electrons. The summed E-state index contributed by atoms with van der Waals surface area (Å²) in [7, 11) is 0. The molecule has 0 saturated heterocycles. The maximum atomic E-state index is 13.0. The van der Waals surface area contributed by atoms with Gasteiger partial charge in [-0.2, -0.15) is 13.2 Å². The molecule has 25 heavy (non-hydrogen) atoms. The van der Waals surface area contributed by atoms with Crippen LogP contribution in [0.5, 0.6) is 0 Å². The van der Waals surface area contributed by atoms with E-state index < -0.39 is 34.7 Å². The van der Waals surface area contributed by atoms with E-state index in [0.29, 0.717) is 11.3 Å². The van der Waals surface area contributed by atoms with Gasteiger partial charge < -0.3 is 4.74 Å². The summed E-state index contributed by atoms with van der Waals surface area (Å²) in [6, 6.07) is 4.53. The normalized spacial score (nSPS) is 12.7. The number of Topliss-reactive ketones (excluding diaryl/α,β-unsaturated/α-hetero) is 1. The average Bonchev–Trinajstić information content (AvgIpc) is 3.02. The van der Waals surface area contributed by atoms with Crippen molar-refractivity contribution in [2.24, 2.45) is 5.92 Å². The second-order valence-electron chi connectivity index (χ2n) is 5.01. The maximum Gasteiger partial charge on any atom is 0.443 e. The van der Waals surface area contributed by atoms with E-state index in [-0.39, 0.29) is 23.5 Å². The second kappa shape index (κ2) is 7.73. The number of thiazole rings is 1. The quantitative estimate of drug-likeness (QED) is 0.333. The summed E-state index contributed by atoms with van der Waals surface area (Å²) < 4.78 is 55.7. The minimum absolute atomic E-state index is 0.0164. The monoisotopic (exact) mass is 375 g/mol. The number of carbonyl (C=O) groups is 2. The van der Waals surface area contributed by atoms with E-state index in [4.69, 9.17) is 4.74 Å². The highest BCUT2D eigenvalue weighted by Crippen LogP contribution is 2.33. The Morgan fingerprint density at radius 3 is 2.40 bits per heavy atom. The smallest absolute Gasteiger partial charge is 0.443 e. The van der Waals surface area contributed by atoms with Gasteiger partial charge in [0.15, 0.2) is 10.8 Å². The lowest BCUT2D eigenvalue weighted by molar-refractivity contribution is -0.146. The van der Waals surface area contributed by atoms with Crippen LogP contribution in [0.4, 0.5) is 17.6 Å². The molecule has 2 aromatic rings. The molecule has 1 heterocycles. The molecule has 0 fully saturated rings. The molecule has 1 atom stereocenters. The van der Waals surface area contributed by atoms with Crippen molar-refractivity contribution in [2.75, 3.05) is 6.61 Å². The number of halogens is 4. The van der Waals surface area contributed by atoms with E-state index >= 15 is 0 Å².